The molecule has 0 radical (unpaired) electrons. The van der Waals surface area contributed by atoms with Crippen LogP contribution in [-0.4, -0.2) is 55.7 Å². The number of nitrogens with zero attached hydrogens (tertiary/aromatic N) is 4. The predicted molar refractivity (Wildman–Crippen MR) is 120 cm³/mol. The second-order valence-electron chi connectivity index (χ2n) is 9.15. The number of likely N-dealkylation sites (tertiary alicyclic amines) is 1. The van der Waals surface area contributed by atoms with E-state index in [1.54, 1.807) is 31.6 Å². The van der Waals surface area contributed by atoms with Crippen molar-refractivity contribution in [3.63, 3.8) is 0 Å². The van der Waals surface area contributed by atoms with Gasteiger partial charge in [0.15, 0.2) is 0 Å². The van der Waals surface area contributed by atoms with Crippen molar-refractivity contribution in [3.05, 3.63) is 59.4 Å². The number of pyridine rings is 1. The zero-order chi connectivity index (χ0) is 24.3. The summed E-state index contributed by atoms with van der Waals surface area (Å²) in [4.78, 5) is 20.6. The number of nitriles is 1. The Hall–Kier alpha value is -3.12. The maximum absolute atomic E-state index is 13.5. The summed E-state index contributed by atoms with van der Waals surface area (Å²) in [6.07, 6.45) is 0.608. The molecule has 180 valence electrons. The standard InChI is InChI=1S/C25H27F3N4O2/c1-34-16-20-15-32(21-3-2-19(14-29)22(13-21)25(26,27)28)17-24(20)6-10-31(11-7-24)23(33)12-18-4-8-30-9-5-18/h2-5,8-9,13,20H,6-7,10-12,15-17H2,1H3. The molecule has 6 nitrogen and oxygen atoms in total. The largest absolute Gasteiger partial charge is 0.417 e. The van der Waals surface area contributed by atoms with E-state index in [-0.39, 0.29) is 22.8 Å². The van der Waals surface area contributed by atoms with Crippen LogP contribution < -0.4 is 4.90 Å². The summed E-state index contributed by atoms with van der Waals surface area (Å²) >= 11 is 0. The van der Waals surface area contributed by atoms with E-state index in [1.807, 2.05) is 21.9 Å². The van der Waals surface area contributed by atoms with Crippen molar-refractivity contribution >= 4 is 11.6 Å². The minimum Gasteiger partial charge on any atom is -0.384 e. The first-order valence-electron chi connectivity index (χ1n) is 11.3. The average molecular weight is 473 g/mol. The van der Waals surface area contributed by atoms with Crippen LogP contribution in [0, 0.1) is 22.7 Å². The van der Waals surface area contributed by atoms with Crippen molar-refractivity contribution in [2.45, 2.75) is 25.4 Å². The lowest BCUT2D eigenvalue weighted by Gasteiger charge is -2.42. The lowest BCUT2D eigenvalue weighted by Crippen LogP contribution is -2.47. The molecule has 3 heterocycles. The van der Waals surface area contributed by atoms with Crippen LogP contribution in [0.25, 0.3) is 0 Å². The van der Waals surface area contributed by atoms with Gasteiger partial charge in [0.2, 0.25) is 5.91 Å². The number of alkyl halides is 3. The molecule has 2 fully saturated rings. The smallest absolute Gasteiger partial charge is 0.384 e. The van der Waals surface area contributed by atoms with Crippen LogP contribution in [-0.2, 0) is 22.1 Å². The van der Waals surface area contributed by atoms with Gasteiger partial charge in [-0.15, -0.1) is 0 Å². The van der Waals surface area contributed by atoms with Crippen molar-refractivity contribution in [3.8, 4) is 6.07 Å². The van der Waals surface area contributed by atoms with E-state index in [9.17, 15) is 18.0 Å². The number of methoxy groups -OCH3 is 1. The molecule has 0 aliphatic carbocycles. The fourth-order valence-electron chi connectivity index (χ4n) is 5.28. The maximum atomic E-state index is 13.5. The lowest BCUT2D eigenvalue weighted by molar-refractivity contribution is -0.137. The number of anilines is 1. The van der Waals surface area contributed by atoms with Crippen LogP contribution in [0.5, 0.6) is 0 Å². The number of carbonyl (C=O) groups is 1. The lowest BCUT2D eigenvalue weighted by atomic mass is 9.71. The van der Waals surface area contributed by atoms with Gasteiger partial charge >= 0.3 is 6.18 Å². The van der Waals surface area contributed by atoms with Crippen LogP contribution in [0.4, 0.5) is 18.9 Å². The molecule has 0 N–H and O–H groups in total. The van der Waals surface area contributed by atoms with Gasteiger partial charge in [0.1, 0.15) is 0 Å². The number of rotatable bonds is 5. The molecular formula is C25H27F3N4O2. The van der Waals surface area contributed by atoms with Crippen LogP contribution >= 0.6 is 0 Å². The third-order valence-corrected chi connectivity index (χ3v) is 7.19. The van der Waals surface area contributed by atoms with Crippen molar-refractivity contribution in [2.75, 3.05) is 44.8 Å². The van der Waals surface area contributed by atoms with E-state index in [2.05, 4.69) is 4.98 Å². The fourth-order valence-corrected chi connectivity index (χ4v) is 5.28. The van der Waals surface area contributed by atoms with Gasteiger partial charge in [-0.2, -0.15) is 18.4 Å². The number of hydrogen-bond donors (Lipinski definition) is 0. The minimum absolute atomic E-state index is 0.0705. The SMILES string of the molecule is COCC1CN(c2ccc(C#N)c(C(F)(F)F)c2)CC12CCN(C(=O)Cc1ccncc1)CC2. The molecule has 4 rings (SSSR count). The van der Waals surface area contributed by atoms with E-state index in [0.717, 1.165) is 24.5 Å². The molecule has 2 aromatic rings. The molecule has 1 aromatic heterocycles. The second-order valence-corrected chi connectivity index (χ2v) is 9.15. The Morgan fingerprint density at radius 2 is 1.94 bits per heavy atom. The Kier molecular flexibility index (Phi) is 6.80. The zero-order valence-corrected chi connectivity index (χ0v) is 19.0. The number of piperidine rings is 1. The van der Waals surface area contributed by atoms with Crippen molar-refractivity contribution in [1.29, 1.82) is 5.26 Å². The Balaban J connectivity index is 1.49. The first-order chi connectivity index (χ1) is 16.3. The van der Waals surface area contributed by atoms with Gasteiger partial charge in [-0.3, -0.25) is 9.78 Å². The summed E-state index contributed by atoms with van der Waals surface area (Å²) in [5.74, 6) is 0.209. The molecule has 9 heteroatoms. The summed E-state index contributed by atoms with van der Waals surface area (Å²) in [7, 11) is 1.63. The molecule has 1 spiro atoms. The van der Waals surface area contributed by atoms with Gasteiger partial charge in [-0.05, 0) is 54.2 Å². The minimum atomic E-state index is -4.59. The summed E-state index contributed by atoms with van der Waals surface area (Å²) < 4.78 is 45.9. The van der Waals surface area contributed by atoms with Crippen LogP contribution in [0.1, 0.15) is 29.5 Å². The molecule has 0 saturated carbocycles. The van der Waals surface area contributed by atoms with E-state index in [1.165, 1.54) is 6.07 Å². The Morgan fingerprint density at radius 3 is 2.56 bits per heavy atom. The average Bonchev–Trinajstić information content (AvgIpc) is 3.17. The molecule has 1 aromatic carbocycles. The fraction of sp³-hybridized carbons (Fsp3) is 0.480. The number of ether oxygens (including phenoxy) is 1. The molecular weight excluding hydrogens is 445 g/mol. The molecule has 0 bridgehead atoms. The van der Waals surface area contributed by atoms with Crippen LogP contribution in [0.3, 0.4) is 0 Å². The number of aromatic nitrogens is 1. The summed E-state index contributed by atoms with van der Waals surface area (Å²) in [5.41, 5.74) is -0.0466. The van der Waals surface area contributed by atoms with Gasteiger partial charge in [-0.1, -0.05) is 0 Å². The van der Waals surface area contributed by atoms with Crippen molar-refractivity contribution in [2.24, 2.45) is 11.3 Å². The Labute approximate surface area is 196 Å². The van der Waals surface area contributed by atoms with Crippen molar-refractivity contribution in [1.82, 2.24) is 9.88 Å². The molecule has 2 aliphatic rings. The predicted octanol–water partition coefficient (Wildman–Crippen LogP) is 3.91. The van der Waals surface area contributed by atoms with E-state index >= 15 is 0 Å². The highest BCUT2D eigenvalue weighted by atomic mass is 19.4. The monoisotopic (exact) mass is 472 g/mol. The van der Waals surface area contributed by atoms with Gasteiger partial charge in [0, 0.05) is 57.3 Å². The topological polar surface area (TPSA) is 69.5 Å². The number of hydrogen-bond acceptors (Lipinski definition) is 5. The first-order valence-corrected chi connectivity index (χ1v) is 11.3. The van der Waals surface area contributed by atoms with Gasteiger partial charge < -0.3 is 14.5 Å². The molecule has 2 saturated heterocycles. The molecule has 2 aliphatic heterocycles. The molecule has 1 unspecified atom stereocenters. The van der Waals surface area contributed by atoms with Gasteiger partial charge in [-0.25, -0.2) is 0 Å². The molecule has 1 atom stereocenters. The zero-order valence-electron chi connectivity index (χ0n) is 19.0. The highest BCUT2D eigenvalue weighted by Gasteiger charge is 2.48. The van der Waals surface area contributed by atoms with E-state index in [4.69, 9.17) is 10.00 Å². The summed E-state index contributed by atoms with van der Waals surface area (Å²) in [6, 6.07) is 9.22. The number of halogens is 3. The Bertz CT molecular complexity index is 1060. The summed E-state index contributed by atoms with van der Waals surface area (Å²) in [6.45, 7) is 2.89. The maximum Gasteiger partial charge on any atom is 0.417 e. The Morgan fingerprint density at radius 1 is 1.24 bits per heavy atom. The highest BCUT2D eigenvalue weighted by molar-refractivity contribution is 5.78. The van der Waals surface area contributed by atoms with Crippen molar-refractivity contribution < 1.29 is 22.7 Å². The molecule has 34 heavy (non-hydrogen) atoms. The van der Waals surface area contributed by atoms with Crippen LogP contribution in [0.15, 0.2) is 42.7 Å². The van der Waals surface area contributed by atoms with Gasteiger partial charge in [0.25, 0.3) is 0 Å². The van der Waals surface area contributed by atoms with Crippen LogP contribution in [0.2, 0.25) is 0 Å². The number of benzene rings is 1. The second kappa shape index (κ2) is 9.63. The number of carbonyl (C=O) groups excluding carboxylic acids is 1. The quantitative estimate of drug-likeness (QED) is 0.660. The highest BCUT2D eigenvalue weighted by Crippen LogP contribution is 2.47. The third-order valence-electron chi connectivity index (χ3n) is 7.19. The van der Waals surface area contributed by atoms with E-state index < -0.39 is 11.7 Å². The number of amides is 1. The summed E-state index contributed by atoms with van der Waals surface area (Å²) in [5, 5.41) is 9.10. The normalized spacial score (nSPS) is 19.9. The first kappa shape index (κ1) is 24.0. The van der Waals surface area contributed by atoms with Gasteiger partial charge in [0.05, 0.1) is 30.2 Å². The van der Waals surface area contributed by atoms with E-state index in [0.29, 0.717) is 44.9 Å². The third kappa shape index (κ3) is 4.87. The molecule has 1 amide bonds.